The van der Waals surface area contributed by atoms with Crippen LogP contribution in [0.1, 0.15) is 71.3 Å². The largest absolute Gasteiger partial charge is 0.498 e. The molecule has 0 bridgehead atoms. The maximum atomic E-state index is 14.0. The average Bonchev–Trinajstić information content (AvgIpc) is 3.08. The lowest BCUT2D eigenvalue weighted by atomic mass is 9.89. The lowest BCUT2D eigenvalue weighted by Crippen LogP contribution is -2.12. The molecule has 2 fully saturated rings. The van der Waals surface area contributed by atoms with E-state index in [-0.39, 0.29) is 0 Å². The molecule has 1 aromatic carbocycles. The Morgan fingerprint density at radius 1 is 1.19 bits per heavy atom. The molecule has 1 saturated carbocycles. The fourth-order valence-electron chi connectivity index (χ4n) is 4.15. The number of nitrogens with one attached hydrogen (secondary N) is 2. The number of aldehydes is 1. The monoisotopic (exact) mass is 544 g/mol. The van der Waals surface area contributed by atoms with Gasteiger partial charge in [-0.3, -0.25) is 4.79 Å². The number of halogens is 1. The number of rotatable bonds is 5. The van der Waals surface area contributed by atoms with Crippen LogP contribution in [-0.2, 0) is 9.53 Å². The Hall–Kier alpha value is -2.22. The van der Waals surface area contributed by atoms with Crippen LogP contribution in [0.15, 0.2) is 70.7 Å². The minimum Gasteiger partial charge on any atom is -0.498 e. The molecule has 0 radical (unpaired) electrons. The summed E-state index contributed by atoms with van der Waals surface area (Å²) < 4.78 is 19.7. The summed E-state index contributed by atoms with van der Waals surface area (Å²) in [6.45, 7) is 6.57. The standard InChI is InChI=1S/C14H21FO2P2.C14H16N2.C2H6/c1-2-4-12(14(15,18)19)10-13-9-11(6-7-16)5-3-8-17-13;1-15-13-7-3-6-11-8-9-12(16-14(11)13)10-4-2-5-10;1-2/h4,6-7,10H,2-3,5,8-9,18-19H2,1H3;3,6-9,15-16H,2,4-5H2,1H3;1-2H3/b11-6+,12-4+,13-10+;;. The fraction of sp³-hybridized carbons (Fsp3) is 0.433. The van der Waals surface area contributed by atoms with Crippen molar-refractivity contribution in [1.82, 2.24) is 0 Å². The SMILES string of the molecule is CC.CC/C=C(\C=C1/C/C(=C/C=O)CCCO1)C(F)(P)P.CNc1cccc2c1NC(=C1CCC1)C=C2. The lowest BCUT2D eigenvalue weighted by molar-refractivity contribution is -0.104. The number of hydrogen-bond donors (Lipinski definition) is 2. The van der Waals surface area contributed by atoms with Gasteiger partial charge in [0, 0.05) is 24.7 Å². The first-order chi connectivity index (χ1) is 17.9. The molecule has 3 aliphatic rings. The number of alkyl halides is 1. The smallest absolute Gasteiger partial charge is 0.160 e. The zero-order valence-corrected chi connectivity index (χ0v) is 25.0. The Morgan fingerprint density at radius 2 is 1.95 bits per heavy atom. The highest BCUT2D eigenvalue weighted by molar-refractivity contribution is 7.40. The molecule has 0 aromatic heterocycles. The van der Waals surface area contributed by atoms with Crippen molar-refractivity contribution in [2.75, 3.05) is 24.3 Å². The maximum Gasteiger partial charge on any atom is 0.160 e. The summed E-state index contributed by atoms with van der Waals surface area (Å²) in [6.07, 6.45) is 17.3. The van der Waals surface area contributed by atoms with E-state index in [1.807, 2.05) is 33.9 Å². The van der Waals surface area contributed by atoms with E-state index in [0.29, 0.717) is 18.6 Å². The highest BCUT2D eigenvalue weighted by atomic mass is 31.1. The third-order valence-electron chi connectivity index (χ3n) is 6.21. The summed E-state index contributed by atoms with van der Waals surface area (Å²) in [7, 11) is 6.30. The molecule has 2 unspecified atom stereocenters. The Kier molecular flexibility index (Phi) is 13.3. The second-order valence-electron chi connectivity index (χ2n) is 8.89. The number of allylic oxidation sites excluding steroid dienone is 7. The molecule has 2 N–H and O–H groups in total. The van der Waals surface area contributed by atoms with Gasteiger partial charge >= 0.3 is 0 Å². The Balaban J connectivity index is 0.000000246. The van der Waals surface area contributed by atoms with Gasteiger partial charge in [0.2, 0.25) is 0 Å². The molecule has 0 amide bonds. The van der Waals surface area contributed by atoms with Crippen molar-refractivity contribution in [2.45, 2.75) is 70.9 Å². The van der Waals surface area contributed by atoms with E-state index in [0.717, 1.165) is 36.9 Å². The van der Waals surface area contributed by atoms with Crippen LogP contribution in [0.2, 0.25) is 0 Å². The van der Waals surface area contributed by atoms with E-state index < -0.39 is 5.15 Å². The van der Waals surface area contributed by atoms with Crippen molar-refractivity contribution >= 4 is 42.2 Å². The van der Waals surface area contributed by atoms with Crippen molar-refractivity contribution < 1.29 is 13.9 Å². The molecule has 37 heavy (non-hydrogen) atoms. The second-order valence-corrected chi connectivity index (χ2v) is 11.2. The normalized spacial score (nSPS) is 19.2. The molecule has 1 saturated heterocycles. The Morgan fingerprint density at radius 3 is 2.54 bits per heavy atom. The molecular weight excluding hydrogens is 501 g/mol. The van der Waals surface area contributed by atoms with Gasteiger partial charge in [0.15, 0.2) is 5.15 Å². The summed E-state index contributed by atoms with van der Waals surface area (Å²) in [5.74, 6) is 0.720. The van der Waals surface area contributed by atoms with Crippen LogP contribution in [0.4, 0.5) is 15.8 Å². The molecule has 4 rings (SSSR count). The second kappa shape index (κ2) is 15.9. The third kappa shape index (κ3) is 9.55. The Labute approximate surface area is 227 Å². The number of para-hydroxylation sites is 1. The molecule has 1 aliphatic carbocycles. The van der Waals surface area contributed by atoms with Crippen molar-refractivity contribution in [3.05, 3.63) is 76.2 Å². The van der Waals surface area contributed by atoms with Gasteiger partial charge in [0.25, 0.3) is 0 Å². The molecule has 0 spiro atoms. The quantitative estimate of drug-likeness (QED) is 0.222. The van der Waals surface area contributed by atoms with Crippen molar-refractivity contribution in [3.8, 4) is 0 Å². The minimum absolute atomic E-state index is 0.562. The van der Waals surface area contributed by atoms with Crippen LogP contribution in [-0.4, -0.2) is 25.1 Å². The molecule has 202 valence electrons. The van der Waals surface area contributed by atoms with Crippen LogP contribution < -0.4 is 10.6 Å². The van der Waals surface area contributed by atoms with Gasteiger partial charge in [-0.2, -0.15) is 0 Å². The maximum absolute atomic E-state index is 14.0. The molecule has 7 heteroatoms. The fourth-order valence-corrected chi connectivity index (χ4v) is 4.55. The molecular formula is C30H43FN2O2P2. The first-order valence-electron chi connectivity index (χ1n) is 13.3. The number of hydrogen-bond acceptors (Lipinski definition) is 4. The van der Waals surface area contributed by atoms with Gasteiger partial charge in [-0.25, -0.2) is 4.39 Å². The average molecular weight is 545 g/mol. The van der Waals surface area contributed by atoms with E-state index in [2.05, 4.69) is 59.5 Å². The summed E-state index contributed by atoms with van der Waals surface area (Å²) in [6, 6.07) is 6.33. The first-order valence-corrected chi connectivity index (χ1v) is 14.4. The van der Waals surface area contributed by atoms with Crippen molar-refractivity contribution in [3.63, 3.8) is 0 Å². The third-order valence-corrected chi connectivity index (χ3v) is 6.88. The number of ether oxygens (including phenoxy) is 1. The zero-order valence-electron chi connectivity index (χ0n) is 22.7. The topological polar surface area (TPSA) is 50.4 Å². The predicted molar refractivity (Wildman–Crippen MR) is 165 cm³/mol. The van der Waals surface area contributed by atoms with E-state index in [1.165, 1.54) is 41.9 Å². The van der Waals surface area contributed by atoms with Crippen LogP contribution in [0, 0.1) is 0 Å². The van der Waals surface area contributed by atoms with E-state index >= 15 is 0 Å². The zero-order chi connectivity index (χ0) is 27.3. The highest BCUT2D eigenvalue weighted by Gasteiger charge is 2.22. The van der Waals surface area contributed by atoms with Crippen LogP contribution in [0.5, 0.6) is 0 Å². The number of anilines is 2. The summed E-state index contributed by atoms with van der Waals surface area (Å²) in [5, 5.41) is 5.23. The minimum atomic E-state index is -1.55. The molecule has 2 aliphatic heterocycles. The predicted octanol–water partition coefficient (Wildman–Crippen LogP) is 8.54. The van der Waals surface area contributed by atoms with Gasteiger partial charge in [-0.1, -0.05) is 69.1 Å². The molecule has 2 heterocycles. The van der Waals surface area contributed by atoms with Gasteiger partial charge in [0.05, 0.1) is 18.0 Å². The van der Waals surface area contributed by atoms with Crippen LogP contribution in [0.25, 0.3) is 6.08 Å². The number of benzene rings is 1. The van der Waals surface area contributed by atoms with Gasteiger partial charge in [-0.05, 0) is 74.0 Å². The highest BCUT2D eigenvalue weighted by Crippen LogP contribution is 2.39. The van der Waals surface area contributed by atoms with Crippen molar-refractivity contribution in [2.24, 2.45) is 0 Å². The summed E-state index contributed by atoms with van der Waals surface area (Å²) >= 11 is 0. The summed E-state index contributed by atoms with van der Waals surface area (Å²) in [5.41, 5.74) is 8.10. The summed E-state index contributed by atoms with van der Waals surface area (Å²) in [4.78, 5) is 10.6. The molecule has 2 atom stereocenters. The van der Waals surface area contributed by atoms with Gasteiger partial charge < -0.3 is 15.4 Å². The van der Waals surface area contributed by atoms with E-state index in [9.17, 15) is 9.18 Å². The lowest BCUT2D eigenvalue weighted by Gasteiger charge is -2.25. The van der Waals surface area contributed by atoms with Crippen LogP contribution in [0.3, 0.4) is 0 Å². The molecule has 4 nitrogen and oxygen atoms in total. The number of fused-ring (bicyclic) bond motifs is 1. The number of carbonyl (C=O) groups is 1. The van der Waals surface area contributed by atoms with E-state index in [4.69, 9.17) is 4.74 Å². The first kappa shape index (κ1) is 31.0. The number of carbonyl (C=O) groups excluding carboxylic acids is 1. The van der Waals surface area contributed by atoms with Crippen molar-refractivity contribution in [1.29, 1.82) is 0 Å². The molecule has 1 aromatic rings. The van der Waals surface area contributed by atoms with E-state index in [1.54, 1.807) is 17.7 Å². The van der Waals surface area contributed by atoms with Gasteiger partial charge in [-0.15, -0.1) is 0 Å². The van der Waals surface area contributed by atoms with Crippen LogP contribution >= 0.6 is 18.5 Å². The Bertz CT molecular complexity index is 1060. The van der Waals surface area contributed by atoms with Gasteiger partial charge in [0.1, 0.15) is 12.0 Å².